The van der Waals surface area contributed by atoms with E-state index < -0.39 is 0 Å². The third kappa shape index (κ3) is 18.7. The van der Waals surface area contributed by atoms with Gasteiger partial charge in [0.1, 0.15) is 0 Å². The van der Waals surface area contributed by atoms with E-state index in [-0.39, 0.29) is 92.8 Å². The second kappa shape index (κ2) is 26.2. The molecule has 0 rings (SSSR count). The molecule has 0 N–H and O–H groups in total. The van der Waals surface area contributed by atoms with E-state index in [4.69, 9.17) is 3.80 Å². The SMILES string of the molecule is [H-].[La].[Na+].[O]=[AlH].[Zr]. The minimum atomic E-state index is 0. The van der Waals surface area contributed by atoms with Crippen molar-refractivity contribution in [3.63, 3.8) is 0 Å². The van der Waals surface area contributed by atoms with Crippen LogP contribution in [0.15, 0.2) is 0 Å². The molecule has 0 bridgehead atoms. The molecule has 0 aromatic carbocycles. The molecule has 0 aliphatic rings. The molecule has 1 radical (unpaired) electrons. The summed E-state index contributed by atoms with van der Waals surface area (Å²) in [5.74, 6) is 0. The molecular formula is H2AlLaNaOZr. The fourth-order valence-electron chi connectivity index (χ4n) is 0. The Bertz CT molecular complexity index is 15.5. The molecule has 0 aliphatic heterocycles. The molecular weight excluding hydrogens is 296 g/mol. The molecule has 0 fully saturated rings. The number of hydrogen-bond acceptors (Lipinski definition) is 1. The average Bonchev–Trinajstić information content (AvgIpc) is 1.00. The predicted molar refractivity (Wildman–Crippen MR) is 8.95 cm³/mol. The van der Waals surface area contributed by atoms with E-state index in [0.717, 1.165) is 0 Å². The van der Waals surface area contributed by atoms with Gasteiger partial charge in [-0.3, -0.25) is 0 Å². The van der Waals surface area contributed by atoms with Crippen molar-refractivity contribution in [3.05, 3.63) is 0 Å². The second-order valence-electron chi connectivity index (χ2n) is 0. The van der Waals surface area contributed by atoms with Gasteiger partial charge in [-0.05, 0) is 0 Å². The first-order valence-corrected chi connectivity index (χ1v) is 0.866. The van der Waals surface area contributed by atoms with Crippen molar-refractivity contribution >= 4 is 16.2 Å². The van der Waals surface area contributed by atoms with Crippen LogP contribution in [0.25, 0.3) is 0 Å². The summed E-state index contributed by atoms with van der Waals surface area (Å²) >= 11 is 0.611. The molecule has 0 saturated heterocycles. The maximum Gasteiger partial charge on any atom is 0 e. The Balaban J connectivity index is -0.000000000833. The summed E-state index contributed by atoms with van der Waals surface area (Å²) in [6.45, 7) is 0. The second-order valence-corrected chi connectivity index (χ2v) is 0. The molecule has 5 heteroatoms. The molecule has 0 aromatic heterocycles. The van der Waals surface area contributed by atoms with Crippen LogP contribution in [0.4, 0.5) is 0 Å². The van der Waals surface area contributed by atoms with E-state index in [1.807, 2.05) is 0 Å². The molecule has 5 heavy (non-hydrogen) atoms. The first-order valence-electron chi connectivity index (χ1n) is 0.289. The molecule has 0 spiro atoms. The van der Waals surface area contributed by atoms with Gasteiger partial charge in [-0.15, -0.1) is 0 Å². The van der Waals surface area contributed by atoms with Crippen LogP contribution in [0.2, 0.25) is 0 Å². The molecule has 0 aliphatic carbocycles. The summed E-state index contributed by atoms with van der Waals surface area (Å²) < 4.78 is 8.28. The quantitative estimate of drug-likeness (QED) is 0.422. The third-order valence-electron chi connectivity index (χ3n) is 0. The number of hydrogen-bond donors (Lipinski definition) is 0. The van der Waals surface area contributed by atoms with Crippen molar-refractivity contribution in [1.82, 2.24) is 0 Å². The van der Waals surface area contributed by atoms with Crippen LogP contribution in [0.1, 0.15) is 1.43 Å². The van der Waals surface area contributed by atoms with Crippen molar-refractivity contribution in [1.29, 1.82) is 0 Å². The van der Waals surface area contributed by atoms with Gasteiger partial charge in [0.05, 0.1) is 0 Å². The predicted octanol–water partition coefficient (Wildman–Crippen LogP) is -3.65. The van der Waals surface area contributed by atoms with Crippen molar-refractivity contribution in [3.8, 4) is 0 Å². The Morgan fingerprint density at radius 1 is 1.40 bits per heavy atom. The molecule has 19 valence electrons. The summed E-state index contributed by atoms with van der Waals surface area (Å²) in [4.78, 5) is 0. The van der Waals surface area contributed by atoms with Crippen LogP contribution in [0, 0.1) is 35.6 Å². The summed E-state index contributed by atoms with van der Waals surface area (Å²) in [5.41, 5.74) is 0. The zero-order valence-corrected chi connectivity index (χ0v) is 12.7. The zero-order valence-electron chi connectivity index (χ0n) is 4.19. The van der Waals surface area contributed by atoms with Crippen LogP contribution in [-0.4, -0.2) is 16.2 Å². The summed E-state index contributed by atoms with van der Waals surface area (Å²) in [6, 6.07) is 0. The smallest absolute Gasteiger partial charge is 0 e. The maximum absolute atomic E-state index is 8.28. The van der Waals surface area contributed by atoms with Gasteiger partial charge in [0.2, 0.25) is 0 Å². The Kier molecular flexibility index (Phi) is 124. The third-order valence-corrected chi connectivity index (χ3v) is 0. The first kappa shape index (κ1) is 23.7. The summed E-state index contributed by atoms with van der Waals surface area (Å²) in [6.07, 6.45) is 0. The largest absolute Gasteiger partial charge is 0 e. The Morgan fingerprint density at radius 2 is 1.40 bits per heavy atom. The Labute approximate surface area is 110 Å². The fraction of sp³-hybridized carbons (Fsp3) is 0. The van der Waals surface area contributed by atoms with Crippen molar-refractivity contribution < 1.29 is 96.6 Å². The average molecular weight is 298 g/mol. The molecule has 0 heterocycles. The van der Waals surface area contributed by atoms with Gasteiger partial charge in [-0.25, -0.2) is 0 Å². The van der Waals surface area contributed by atoms with Gasteiger partial charge in [-0.1, -0.05) is 0 Å². The first-order chi connectivity index (χ1) is 1.00. The molecule has 1 nitrogen and oxygen atoms in total. The molecule has 0 amide bonds. The molecule has 0 aromatic rings. The van der Waals surface area contributed by atoms with E-state index in [1.165, 1.54) is 0 Å². The molecule has 0 unspecified atom stereocenters. The minimum Gasteiger partial charge on any atom is 0 e. The molecule has 0 saturated carbocycles. The van der Waals surface area contributed by atoms with Crippen LogP contribution >= 0.6 is 0 Å². The van der Waals surface area contributed by atoms with Crippen LogP contribution in [0.5, 0.6) is 0 Å². The van der Waals surface area contributed by atoms with E-state index in [9.17, 15) is 0 Å². The van der Waals surface area contributed by atoms with Crippen LogP contribution in [-0.2, 0) is 30.0 Å². The van der Waals surface area contributed by atoms with Gasteiger partial charge in [-0.2, -0.15) is 0 Å². The standard InChI is InChI=1S/Al.La.Na.O.Zr.2H/q;;+1;;;;-1. The molecule has 0 atom stereocenters. The summed E-state index contributed by atoms with van der Waals surface area (Å²) in [5, 5.41) is 0. The van der Waals surface area contributed by atoms with E-state index in [1.54, 1.807) is 0 Å². The Hall–Kier alpha value is 3.41. The zero-order chi connectivity index (χ0) is 2.00. The minimum absolute atomic E-state index is 0. The normalized spacial score (nSPS) is 0.600. The van der Waals surface area contributed by atoms with Gasteiger partial charge < -0.3 is 1.43 Å². The van der Waals surface area contributed by atoms with Crippen LogP contribution in [0.3, 0.4) is 0 Å². The maximum atomic E-state index is 8.28. The fourth-order valence-corrected chi connectivity index (χ4v) is 0. The van der Waals surface area contributed by atoms with Gasteiger partial charge in [0.15, 0.2) is 0 Å². The Morgan fingerprint density at radius 3 is 1.40 bits per heavy atom. The van der Waals surface area contributed by atoms with Crippen LogP contribution < -0.4 is 29.6 Å². The monoisotopic (exact) mass is 297 g/mol. The van der Waals surface area contributed by atoms with Gasteiger partial charge in [0.25, 0.3) is 0 Å². The van der Waals surface area contributed by atoms with E-state index in [2.05, 4.69) is 0 Å². The van der Waals surface area contributed by atoms with E-state index >= 15 is 0 Å². The van der Waals surface area contributed by atoms with Gasteiger partial charge in [0, 0.05) is 61.8 Å². The van der Waals surface area contributed by atoms with Crippen molar-refractivity contribution in [2.45, 2.75) is 0 Å². The van der Waals surface area contributed by atoms with E-state index in [0.29, 0.717) is 16.2 Å². The topological polar surface area (TPSA) is 17.1 Å². The number of rotatable bonds is 0. The van der Waals surface area contributed by atoms with Crippen molar-refractivity contribution in [2.75, 3.05) is 0 Å². The van der Waals surface area contributed by atoms with Crippen molar-refractivity contribution in [2.24, 2.45) is 0 Å². The van der Waals surface area contributed by atoms with Gasteiger partial charge >= 0.3 is 49.6 Å². The summed E-state index contributed by atoms with van der Waals surface area (Å²) in [7, 11) is 0.